The van der Waals surface area contributed by atoms with E-state index in [1.165, 1.54) is 13.3 Å². The predicted molar refractivity (Wildman–Crippen MR) is 83.7 cm³/mol. The minimum atomic E-state index is -0.117. The van der Waals surface area contributed by atoms with E-state index in [9.17, 15) is 9.59 Å². The molecule has 0 aromatic heterocycles. The summed E-state index contributed by atoms with van der Waals surface area (Å²) in [5, 5.41) is 5.87. The number of nitrogens with one attached hydrogen (secondary N) is 2. The summed E-state index contributed by atoms with van der Waals surface area (Å²) in [4.78, 5) is 23.4. The normalized spacial score (nSPS) is 22.7. The molecule has 3 rings (SSSR count). The first-order valence-electron chi connectivity index (χ1n) is 7.85. The van der Waals surface area contributed by atoms with Gasteiger partial charge in [0.15, 0.2) is 0 Å². The molecule has 118 valence electrons. The van der Waals surface area contributed by atoms with Crippen LogP contribution in [0, 0.1) is 5.41 Å². The second-order valence-electron chi connectivity index (χ2n) is 6.30. The molecule has 1 atom stereocenters. The second kappa shape index (κ2) is 6.08. The highest BCUT2D eigenvalue weighted by Gasteiger charge is 2.47. The number of ether oxygens (including phenoxy) is 1. The third-order valence-corrected chi connectivity index (χ3v) is 4.93. The van der Waals surface area contributed by atoms with Crippen LogP contribution in [0.1, 0.15) is 43.0 Å². The van der Waals surface area contributed by atoms with Gasteiger partial charge in [0.2, 0.25) is 5.91 Å². The lowest BCUT2D eigenvalue weighted by Gasteiger charge is -2.52. The fraction of sp³-hybridized carbons (Fsp3) is 0.529. The van der Waals surface area contributed by atoms with Crippen LogP contribution in [0.4, 0.5) is 5.69 Å². The van der Waals surface area contributed by atoms with E-state index < -0.39 is 0 Å². The van der Waals surface area contributed by atoms with E-state index in [1.54, 1.807) is 24.3 Å². The fourth-order valence-electron chi connectivity index (χ4n) is 3.45. The fourth-order valence-corrected chi connectivity index (χ4v) is 3.45. The van der Waals surface area contributed by atoms with Crippen molar-refractivity contribution in [3.05, 3.63) is 29.8 Å². The van der Waals surface area contributed by atoms with Gasteiger partial charge < -0.3 is 15.4 Å². The molecule has 1 saturated heterocycles. The minimum absolute atomic E-state index is 0.0371. The van der Waals surface area contributed by atoms with E-state index >= 15 is 0 Å². The van der Waals surface area contributed by atoms with Crippen molar-refractivity contribution in [2.75, 3.05) is 18.5 Å². The van der Waals surface area contributed by atoms with Gasteiger partial charge in [-0.3, -0.25) is 9.59 Å². The van der Waals surface area contributed by atoms with Crippen LogP contribution in [0.15, 0.2) is 24.3 Å². The van der Waals surface area contributed by atoms with E-state index in [1.807, 2.05) is 0 Å². The maximum atomic E-state index is 12.4. The molecule has 1 aromatic carbocycles. The molecule has 5 heteroatoms. The summed E-state index contributed by atoms with van der Waals surface area (Å²) in [6.07, 6.45) is 4.32. The zero-order valence-electron chi connectivity index (χ0n) is 12.9. The molecule has 1 aromatic rings. The van der Waals surface area contributed by atoms with Crippen molar-refractivity contribution in [3.63, 3.8) is 0 Å². The molecular weight excluding hydrogens is 280 g/mol. The van der Waals surface area contributed by atoms with Crippen LogP contribution in [0.3, 0.4) is 0 Å². The molecule has 2 fully saturated rings. The molecule has 2 N–H and O–H groups in total. The Balaban J connectivity index is 1.61. The van der Waals surface area contributed by atoms with Crippen LogP contribution >= 0.6 is 0 Å². The molecule has 1 spiro atoms. The lowest BCUT2D eigenvalue weighted by molar-refractivity contribution is -0.114. The Morgan fingerprint density at radius 2 is 1.82 bits per heavy atom. The molecule has 1 aliphatic carbocycles. The Bertz CT molecular complexity index is 562. The summed E-state index contributed by atoms with van der Waals surface area (Å²) in [6, 6.07) is 7.26. The number of hydrogen-bond donors (Lipinski definition) is 2. The van der Waals surface area contributed by atoms with Gasteiger partial charge in [-0.1, -0.05) is 0 Å². The second-order valence-corrected chi connectivity index (χ2v) is 6.30. The third kappa shape index (κ3) is 2.99. The molecule has 0 radical (unpaired) electrons. The van der Waals surface area contributed by atoms with Crippen molar-refractivity contribution in [1.29, 1.82) is 0 Å². The highest BCUT2D eigenvalue weighted by molar-refractivity contribution is 5.95. The van der Waals surface area contributed by atoms with Crippen LogP contribution in [-0.2, 0) is 9.53 Å². The summed E-state index contributed by atoms with van der Waals surface area (Å²) in [6.45, 7) is 3.07. The van der Waals surface area contributed by atoms with Gasteiger partial charge in [-0.25, -0.2) is 0 Å². The Morgan fingerprint density at radius 3 is 2.36 bits per heavy atom. The molecule has 22 heavy (non-hydrogen) atoms. The van der Waals surface area contributed by atoms with Gasteiger partial charge in [0.05, 0.1) is 0 Å². The number of rotatable bonds is 3. The molecule has 1 unspecified atom stereocenters. The molecule has 2 aliphatic rings. The van der Waals surface area contributed by atoms with Crippen molar-refractivity contribution in [2.45, 2.75) is 38.6 Å². The summed E-state index contributed by atoms with van der Waals surface area (Å²) >= 11 is 0. The monoisotopic (exact) mass is 302 g/mol. The van der Waals surface area contributed by atoms with Crippen LogP contribution < -0.4 is 10.6 Å². The number of benzene rings is 1. The maximum Gasteiger partial charge on any atom is 0.251 e. The first-order valence-corrected chi connectivity index (χ1v) is 7.85. The Kier molecular flexibility index (Phi) is 4.16. The molecule has 0 bridgehead atoms. The zero-order valence-corrected chi connectivity index (χ0v) is 12.9. The van der Waals surface area contributed by atoms with Crippen molar-refractivity contribution in [3.8, 4) is 0 Å². The number of carbonyl (C=O) groups excluding carboxylic acids is 2. The van der Waals surface area contributed by atoms with Gasteiger partial charge in [-0.05, 0) is 55.4 Å². The number of amides is 2. The van der Waals surface area contributed by atoms with Gasteiger partial charge in [0, 0.05) is 37.4 Å². The number of carbonyl (C=O) groups is 2. The van der Waals surface area contributed by atoms with E-state index in [0.717, 1.165) is 32.5 Å². The van der Waals surface area contributed by atoms with Crippen molar-refractivity contribution >= 4 is 17.5 Å². The number of hydrogen-bond acceptors (Lipinski definition) is 3. The van der Waals surface area contributed by atoms with Crippen LogP contribution in [0.25, 0.3) is 0 Å². The van der Waals surface area contributed by atoms with E-state index in [2.05, 4.69) is 10.6 Å². The first kappa shape index (κ1) is 15.0. The average molecular weight is 302 g/mol. The van der Waals surface area contributed by atoms with Crippen LogP contribution in [0.5, 0.6) is 0 Å². The molecule has 1 aliphatic heterocycles. The predicted octanol–water partition coefficient (Wildman–Crippen LogP) is 2.33. The zero-order chi connectivity index (χ0) is 15.6. The molecule has 2 amide bonds. The van der Waals surface area contributed by atoms with Crippen LogP contribution in [-0.4, -0.2) is 31.1 Å². The largest absolute Gasteiger partial charge is 0.381 e. The Labute approximate surface area is 130 Å². The van der Waals surface area contributed by atoms with Gasteiger partial charge in [0.1, 0.15) is 0 Å². The highest BCUT2D eigenvalue weighted by atomic mass is 16.5. The summed E-state index contributed by atoms with van der Waals surface area (Å²) in [5.74, 6) is -0.155. The first-order chi connectivity index (χ1) is 10.6. The van der Waals surface area contributed by atoms with Gasteiger partial charge >= 0.3 is 0 Å². The third-order valence-electron chi connectivity index (χ3n) is 4.93. The Hall–Kier alpha value is -1.88. The molecule has 1 heterocycles. The van der Waals surface area contributed by atoms with Crippen molar-refractivity contribution in [2.24, 2.45) is 5.41 Å². The Morgan fingerprint density at radius 1 is 1.14 bits per heavy atom. The van der Waals surface area contributed by atoms with E-state index in [0.29, 0.717) is 11.3 Å². The lowest BCUT2D eigenvalue weighted by atomic mass is 9.60. The highest BCUT2D eigenvalue weighted by Crippen LogP contribution is 2.48. The SMILES string of the molecule is CC(=O)Nc1ccc(C(=O)NC2CCC23CCOCC3)cc1. The van der Waals surface area contributed by atoms with Gasteiger partial charge in [0.25, 0.3) is 5.91 Å². The van der Waals surface area contributed by atoms with E-state index in [4.69, 9.17) is 4.74 Å². The topological polar surface area (TPSA) is 67.4 Å². The van der Waals surface area contributed by atoms with Gasteiger partial charge in [-0.2, -0.15) is 0 Å². The molecule has 1 saturated carbocycles. The lowest BCUT2D eigenvalue weighted by Crippen LogP contribution is -2.57. The standard InChI is InChI=1S/C17H22N2O3/c1-12(20)18-14-4-2-13(3-5-14)16(21)19-15-6-7-17(15)8-10-22-11-9-17/h2-5,15H,6-11H2,1H3,(H,18,20)(H,19,21). The summed E-state index contributed by atoms with van der Waals surface area (Å²) in [7, 11) is 0. The maximum absolute atomic E-state index is 12.4. The van der Waals surface area contributed by atoms with E-state index in [-0.39, 0.29) is 23.3 Å². The van der Waals surface area contributed by atoms with Crippen LogP contribution in [0.2, 0.25) is 0 Å². The average Bonchev–Trinajstić information content (AvgIpc) is 2.52. The molecule has 5 nitrogen and oxygen atoms in total. The van der Waals surface area contributed by atoms with Crippen molar-refractivity contribution < 1.29 is 14.3 Å². The quantitative estimate of drug-likeness (QED) is 0.900. The van der Waals surface area contributed by atoms with Crippen molar-refractivity contribution in [1.82, 2.24) is 5.32 Å². The summed E-state index contributed by atoms with van der Waals surface area (Å²) < 4.78 is 5.44. The smallest absolute Gasteiger partial charge is 0.251 e. The minimum Gasteiger partial charge on any atom is -0.381 e. The van der Waals surface area contributed by atoms with Gasteiger partial charge in [-0.15, -0.1) is 0 Å². The molecular formula is C17H22N2O3. The number of anilines is 1. The summed E-state index contributed by atoms with van der Waals surface area (Å²) in [5.41, 5.74) is 1.58.